The second-order valence-electron chi connectivity index (χ2n) is 5.39. The quantitative estimate of drug-likeness (QED) is 0.672. The van der Waals surface area contributed by atoms with E-state index in [0.29, 0.717) is 6.42 Å². The Morgan fingerprint density at radius 1 is 1.27 bits per heavy atom. The third-order valence-corrected chi connectivity index (χ3v) is 3.80. The summed E-state index contributed by atoms with van der Waals surface area (Å²) in [6, 6.07) is 7.77. The van der Waals surface area contributed by atoms with Crippen LogP contribution in [0.3, 0.4) is 0 Å². The van der Waals surface area contributed by atoms with Crippen molar-refractivity contribution in [1.82, 2.24) is 25.6 Å². The van der Waals surface area contributed by atoms with E-state index in [1.54, 1.807) is 6.20 Å². The Kier molecular flexibility index (Phi) is 2.78. The summed E-state index contributed by atoms with van der Waals surface area (Å²) in [6.45, 7) is 2.00. The molecule has 1 aromatic carbocycles. The number of carbonyl (C=O) groups is 1. The van der Waals surface area contributed by atoms with Gasteiger partial charge in [0.05, 0.1) is 16.7 Å². The standard InChI is InChI=1S/C15H14N6O/c1-8-7-12(22)20-21-13(8)9-3-2-4-10-14(9)18-15(17-10)11-5-6-16-19-11/h2-6,8H,7H2,1H3,(H,16,19)(H,17,18)(H,20,22). The molecule has 0 spiro atoms. The first kappa shape index (κ1) is 12.8. The number of aromatic nitrogens is 4. The minimum Gasteiger partial charge on any atom is -0.337 e. The van der Waals surface area contributed by atoms with Gasteiger partial charge >= 0.3 is 0 Å². The SMILES string of the molecule is CC1CC(=O)NN=C1c1cccc2[nH]c(-c3ccn[nH]3)nc12. The smallest absolute Gasteiger partial charge is 0.240 e. The van der Waals surface area contributed by atoms with E-state index in [2.05, 4.69) is 30.7 Å². The summed E-state index contributed by atoms with van der Waals surface area (Å²) in [5.74, 6) is 0.739. The summed E-state index contributed by atoms with van der Waals surface area (Å²) in [4.78, 5) is 19.4. The summed E-state index contributed by atoms with van der Waals surface area (Å²) >= 11 is 0. The van der Waals surface area contributed by atoms with Crippen molar-refractivity contribution in [2.75, 3.05) is 0 Å². The molecule has 1 unspecified atom stereocenters. The lowest BCUT2D eigenvalue weighted by atomic mass is 9.93. The number of aromatic amines is 2. The Hall–Kier alpha value is -2.96. The number of H-pyrrole nitrogens is 2. The highest BCUT2D eigenvalue weighted by Gasteiger charge is 2.24. The highest BCUT2D eigenvalue weighted by atomic mass is 16.2. The molecule has 1 amide bonds. The lowest BCUT2D eigenvalue weighted by Crippen LogP contribution is -2.32. The minimum atomic E-state index is -0.0522. The normalized spacial score (nSPS) is 18.3. The van der Waals surface area contributed by atoms with E-state index in [1.165, 1.54) is 0 Å². The molecule has 1 aliphatic rings. The van der Waals surface area contributed by atoms with Gasteiger partial charge in [0.25, 0.3) is 0 Å². The Morgan fingerprint density at radius 2 is 2.18 bits per heavy atom. The van der Waals surface area contributed by atoms with Gasteiger partial charge < -0.3 is 4.98 Å². The van der Waals surface area contributed by atoms with E-state index in [0.717, 1.165) is 33.8 Å². The monoisotopic (exact) mass is 294 g/mol. The zero-order valence-electron chi connectivity index (χ0n) is 11.9. The zero-order valence-corrected chi connectivity index (χ0v) is 11.9. The number of nitrogens with one attached hydrogen (secondary N) is 3. The topological polar surface area (TPSA) is 98.8 Å². The molecule has 7 nitrogen and oxygen atoms in total. The fourth-order valence-electron chi connectivity index (χ4n) is 2.73. The maximum absolute atomic E-state index is 11.4. The van der Waals surface area contributed by atoms with Gasteiger partial charge in [-0.25, -0.2) is 10.4 Å². The third kappa shape index (κ3) is 1.98. The number of fused-ring (bicyclic) bond motifs is 1. The van der Waals surface area contributed by atoms with E-state index < -0.39 is 0 Å². The van der Waals surface area contributed by atoms with Crippen molar-refractivity contribution in [2.45, 2.75) is 13.3 Å². The van der Waals surface area contributed by atoms with Crippen molar-refractivity contribution in [3.05, 3.63) is 36.0 Å². The lowest BCUT2D eigenvalue weighted by Gasteiger charge is -2.19. The molecule has 0 saturated carbocycles. The van der Waals surface area contributed by atoms with E-state index in [9.17, 15) is 4.79 Å². The molecule has 0 saturated heterocycles. The number of benzene rings is 1. The number of rotatable bonds is 2. The minimum absolute atomic E-state index is 0.0522. The highest BCUT2D eigenvalue weighted by molar-refractivity contribution is 6.12. The van der Waals surface area contributed by atoms with Gasteiger partial charge in [0.15, 0.2) is 5.82 Å². The third-order valence-electron chi connectivity index (χ3n) is 3.80. The summed E-state index contributed by atoms with van der Waals surface area (Å²) < 4.78 is 0. The molecule has 1 atom stereocenters. The van der Waals surface area contributed by atoms with Crippen LogP contribution in [0, 0.1) is 5.92 Å². The van der Waals surface area contributed by atoms with Crippen LogP contribution in [0.15, 0.2) is 35.6 Å². The first-order valence-electron chi connectivity index (χ1n) is 7.07. The highest BCUT2D eigenvalue weighted by Crippen LogP contribution is 2.25. The first-order valence-corrected chi connectivity index (χ1v) is 7.07. The Labute approximate surface area is 125 Å². The van der Waals surface area contributed by atoms with Crippen LogP contribution in [0.5, 0.6) is 0 Å². The molecule has 3 N–H and O–H groups in total. The predicted molar refractivity (Wildman–Crippen MR) is 82.1 cm³/mol. The fourth-order valence-corrected chi connectivity index (χ4v) is 2.73. The molecular formula is C15H14N6O. The van der Waals surface area contributed by atoms with Gasteiger partial charge in [-0.05, 0) is 12.1 Å². The number of hydrogen-bond donors (Lipinski definition) is 3. The van der Waals surface area contributed by atoms with E-state index in [-0.39, 0.29) is 11.8 Å². The maximum atomic E-state index is 11.4. The van der Waals surface area contributed by atoms with Crippen LogP contribution in [0.4, 0.5) is 0 Å². The second kappa shape index (κ2) is 4.80. The summed E-state index contributed by atoms with van der Waals surface area (Å²) in [5.41, 5.74) is 6.94. The Bertz CT molecular complexity index is 877. The van der Waals surface area contributed by atoms with Crippen LogP contribution in [-0.2, 0) is 4.79 Å². The summed E-state index contributed by atoms with van der Waals surface area (Å²) in [7, 11) is 0. The average molecular weight is 294 g/mol. The molecule has 22 heavy (non-hydrogen) atoms. The molecule has 3 heterocycles. The van der Waals surface area contributed by atoms with Gasteiger partial charge in [-0.2, -0.15) is 10.2 Å². The van der Waals surface area contributed by atoms with Gasteiger partial charge in [0, 0.05) is 24.1 Å². The van der Waals surface area contributed by atoms with Crippen LogP contribution in [0.2, 0.25) is 0 Å². The zero-order chi connectivity index (χ0) is 15.1. The molecule has 110 valence electrons. The van der Waals surface area contributed by atoms with Crippen LogP contribution in [0.1, 0.15) is 18.9 Å². The summed E-state index contributed by atoms with van der Waals surface area (Å²) in [6.07, 6.45) is 2.12. The number of imidazole rings is 1. The molecule has 0 fully saturated rings. The Balaban J connectivity index is 1.87. The average Bonchev–Trinajstić information content (AvgIpc) is 3.16. The largest absolute Gasteiger partial charge is 0.337 e. The van der Waals surface area contributed by atoms with Crippen molar-refractivity contribution in [3.63, 3.8) is 0 Å². The lowest BCUT2D eigenvalue weighted by molar-refractivity contribution is -0.121. The van der Waals surface area contributed by atoms with Gasteiger partial charge in [0.1, 0.15) is 5.69 Å². The van der Waals surface area contributed by atoms with Gasteiger partial charge in [0.2, 0.25) is 5.91 Å². The van der Waals surface area contributed by atoms with Crippen molar-refractivity contribution in [2.24, 2.45) is 11.0 Å². The first-order chi connectivity index (χ1) is 10.7. The van der Waals surface area contributed by atoms with Gasteiger partial charge in [-0.3, -0.25) is 9.89 Å². The summed E-state index contributed by atoms with van der Waals surface area (Å²) in [5, 5.41) is 11.1. The van der Waals surface area contributed by atoms with Crippen LogP contribution < -0.4 is 5.43 Å². The van der Waals surface area contributed by atoms with Crippen molar-refractivity contribution in [3.8, 4) is 11.5 Å². The molecule has 1 aliphatic heterocycles. The van der Waals surface area contributed by atoms with E-state index in [4.69, 9.17) is 0 Å². The molecule has 4 rings (SSSR count). The van der Waals surface area contributed by atoms with E-state index in [1.807, 2.05) is 31.2 Å². The molecule has 0 bridgehead atoms. The van der Waals surface area contributed by atoms with Crippen molar-refractivity contribution in [1.29, 1.82) is 0 Å². The van der Waals surface area contributed by atoms with Crippen molar-refractivity contribution >= 4 is 22.7 Å². The number of hydrogen-bond acceptors (Lipinski definition) is 4. The Morgan fingerprint density at radius 3 is 2.95 bits per heavy atom. The molecule has 0 radical (unpaired) electrons. The van der Waals surface area contributed by atoms with E-state index >= 15 is 0 Å². The van der Waals surface area contributed by atoms with Gasteiger partial charge in [-0.15, -0.1) is 0 Å². The van der Waals surface area contributed by atoms with Crippen LogP contribution in [0.25, 0.3) is 22.6 Å². The number of para-hydroxylation sites is 1. The maximum Gasteiger partial charge on any atom is 0.240 e. The number of carbonyl (C=O) groups excluding carboxylic acids is 1. The van der Waals surface area contributed by atoms with Crippen molar-refractivity contribution < 1.29 is 4.79 Å². The molecule has 3 aromatic rings. The second-order valence-corrected chi connectivity index (χ2v) is 5.39. The predicted octanol–water partition coefficient (Wildman–Crippen LogP) is 1.81. The molecular weight excluding hydrogens is 280 g/mol. The van der Waals surface area contributed by atoms with Crippen LogP contribution >= 0.6 is 0 Å². The molecule has 7 heteroatoms. The number of nitrogens with zero attached hydrogens (tertiary/aromatic N) is 3. The number of amides is 1. The molecule has 2 aromatic heterocycles. The van der Waals surface area contributed by atoms with Gasteiger partial charge in [-0.1, -0.05) is 19.1 Å². The van der Waals surface area contributed by atoms with Crippen LogP contribution in [-0.4, -0.2) is 31.8 Å². The fraction of sp³-hybridized carbons (Fsp3) is 0.200. The molecule has 0 aliphatic carbocycles. The number of hydrazone groups is 1.